The lowest BCUT2D eigenvalue weighted by atomic mass is 9.80. The van der Waals surface area contributed by atoms with Crippen LogP contribution < -0.4 is 5.32 Å². The second-order valence-electron chi connectivity index (χ2n) is 5.57. The van der Waals surface area contributed by atoms with E-state index in [4.69, 9.17) is 4.42 Å². The molecule has 2 aromatic heterocycles. The van der Waals surface area contributed by atoms with Crippen molar-refractivity contribution in [1.82, 2.24) is 5.32 Å². The van der Waals surface area contributed by atoms with E-state index >= 15 is 0 Å². The second-order valence-corrected chi connectivity index (χ2v) is 6.35. The van der Waals surface area contributed by atoms with Crippen LogP contribution in [-0.2, 0) is 10.2 Å². The molecule has 0 atom stereocenters. The van der Waals surface area contributed by atoms with Gasteiger partial charge in [-0.15, -0.1) is 0 Å². The zero-order valence-electron chi connectivity index (χ0n) is 11.9. The van der Waals surface area contributed by atoms with E-state index in [1.807, 2.05) is 12.1 Å². The predicted molar refractivity (Wildman–Crippen MR) is 85.2 cm³/mol. The maximum Gasteiger partial charge on any atom is 0.244 e. The van der Waals surface area contributed by atoms with Crippen LogP contribution in [0.4, 0.5) is 0 Å². The van der Waals surface area contributed by atoms with Crippen LogP contribution in [0.25, 0.3) is 6.08 Å². The lowest BCUT2D eigenvalue weighted by Gasteiger charge is -2.28. The van der Waals surface area contributed by atoms with Gasteiger partial charge in [-0.25, -0.2) is 0 Å². The van der Waals surface area contributed by atoms with Gasteiger partial charge in [0.15, 0.2) is 0 Å². The molecule has 2 aromatic rings. The first-order valence-corrected chi connectivity index (χ1v) is 8.25. The summed E-state index contributed by atoms with van der Waals surface area (Å²) in [6, 6.07) is 5.83. The zero-order chi connectivity index (χ0) is 14.5. The van der Waals surface area contributed by atoms with Crippen LogP contribution in [0.1, 0.15) is 37.0 Å². The van der Waals surface area contributed by atoms with Crippen LogP contribution in [-0.4, -0.2) is 12.5 Å². The minimum atomic E-state index is -0.0621. The number of rotatable bonds is 5. The van der Waals surface area contributed by atoms with Crippen LogP contribution in [0.5, 0.6) is 0 Å². The molecule has 1 fully saturated rings. The van der Waals surface area contributed by atoms with E-state index < -0.39 is 0 Å². The number of hydrogen-bond donors (Lipinski definition) is 1. The maximum absolute atomic E-state index is 12.0. The summed E-state index contributed by atoms with van der Waals surface area (Å²) in [5, 5.41) is 7.39. The standard InChI is InChI=1S/C17H19NO2S/c19-16(6-5-15-4-3-10-20-15)18-13-17(8-1-2-9-17)14-7-11-21-12-14/h3-7,10-12H,1-2,8-9,13H2,(H,18,19)/b6-5+. The van der Waals surface area contributed by atoms with E-state index in [1.165, 1.54) is 24.5 Å². The van der Waals surface area contributed by atoms with E-state index in [9.17, 15) is 4.79 Å². The Hall–Kier alpha value is -1.81. The summed E-state index contributed by atoms with van der Waals surface area (Å²) in [4.78, 5) is 12.0. The van der Waals surface area contributed by atoms with Gasteiger partial charge < -0.3 is 9.73 Å². The van der Waals surface area contributed by atoms with Gasteiger partial charge in [0.1, 0.15) is 5.76 Å². The van der Waals surface area contributed by atoms with E-state index in [0.717, 1.165) is 12.8 Å². The molecule has 2 heterocycles. The Kier molecular flexibility index (Phi) is 4.25. The molecule has 3 rings (SSSR count). The molecule has 0 spiro atoms. The summed E-state index contributed by atoms with van der Waals surface area (Å²) in [6.07, 6.45) is 9.64. The van der Waals surface area contributed by atoms with Crippen molar-refractivity contribution < 1.29 is 9.21 Å². The summed E-state index contributed by atoms with van der Waals surface area (Å²) >= 11 is 1.73. The monoisotopic (exact) mass is 301 g/mol. The first-order chi connectivity index (χ1) is 10.3. The van der Waals surface area contributed by atoms with Crippen LogP contribution in [0, 0.1) is 0 Å². The molecule has 1 aliphatic rings. The molecule has 3 nitrogen and oxygen atoms in total. The molecule has 1 N–H and O–H groups in total. The number of hydrogen-bond acceptors (Lipinski definition) is 3. The minimum Gasteiger partial charge on any atom is -0.465 e. The van der Waals surface area contributed by atoms with Gasteiger partial charge in [0.2, 0.25) is 5.91 Å². The molecule has 0 radical (unpaired) electrons. The van der Waals surface area contributed by atoms with Crippen molar-refractivity contribution in [2.24, 2.45) is 0 Å². The van der Waals surface area contributed by atoms with Gasteiger partial charge in [-0.05, 0) is 53.4 Å². The molecular formula is C17H19NO2S. The third-order valence-corrected chi connectivity index (χ3v) is 4.92. The summed E-state index contributed by atoms with van der Waals surface area (Å²) < 4.78 is 5.18. The Morgan fingerprint density at radius 2 is 2.24 bits per heavy atom. The maximum atomic E-state index is 12.0. The highest BCUT2D eigenvalue weighted by Crippen LogP contribution is 2.41. The summed E-state index contributed by atoms with van der Waals surface area (Å²) in [5.41, 5.74) is 1.51. The molecule has 110 valence electrons. The number of nitrogens with one attached hydrogen (secondary N) is 1. The molecule has 1 aliphatic carbocycles. The van der Waals surface area contributed by atoms with Gasteiger partial charge in [0.05, 0.1) is 6.26 Å². The fourth-order valence-corrected chi connectivity index (χ4v) is 3.82. The number of carbonyl (C=O) groups excluding carboxylic acids is 1. The van der Waals surface area contributed by atoms with Gasteiger partial charge >= 0.3 is 0 Å². The van der Waals surface area contributed by atoms with E-state index in [1.54, 1.807) is 23.7 Å². The summed E-state index contributed by atoms with van der Waals surface area (Å²) in [5.74, 6) is 0.631. The fourth-order valence-electron chi connectivity index (χ4n) is 3.04. The van der Waals surface area contributed by atoms with Crippen molar-refractivity contribution in [3.63, 3.8) is 0 Å². The number of thiophene rings is 1. The zero-order valence-corrected chi connectivity index (χ0v) is 12.7. The Bertz CT molecular complexity index is 593. The third kappa shape index (κ3) is 3.27. The van der Waals surface area contributed by atoms with Crippen molar-refractivity contribution in [1.29, 1.82) is 0 Å². The molecular weight excluding hydrogens is 282 g/mol. The van der Waals surface area contributed by atoms with Crippen molar-refractivity contribution in [3.05, 3.63) is 52.6 Å². The Balaban J connectivity index is 1.61. The van der Waals surface area contributed by atoms with Crippen molar-refractivity contribution >= 4 is 23.3 Å². The highest BCUT2D eigenvalue weighted by molar-refractivity contribution is 7.08. The van der Waals surface area contributed by atoms with Gasteiger partial charge in [0.25, 0.3) is 0 Å². The van der Waals surface area contributed by atoms with Crippen molar-refractivity contribution in [2.75, 3.05) is 6.54 Å². The smallest absolute Gasteiger partial charge is 0.244 e. The predicted octanol–water partition coefficient (Wildman–Crippen LogP) is 3.98. The largest absolute Gasteiger partial charge is 0.465 e. The Morgan fingerprint density at radius 1 is 1.38 bits per heavy atom. The number of furan rings is 1. The number of amides is 1. The average Bonchev–Trinajstić information content (AvgIpc) is 3.25. The highest BCUT2D eigenvalue weighted by atomic mass is 32.1. The molecule has 1 saturated carbocycles. The quantitative estimate of drug-likeness (QED) is 0.849. The summed E-state index contributed by atoms with van der Waals surface area (Å²) in [6.45, 7) is 0.713. The Morgan fingerprint density at radius 3 is 2.90 bits per heavy atom. The lowest BCUT2D eigenvalue weighted by molar-refractivity contribution is -0.116. The van der Waals surface area contributed by atoms with Gasteiger partial charge in [-0.2, -0.15) is 11.3 Å². The second kappa shape index (κ2) is 6.31. The SMILES string of the molecule is O=C(/C=C/c1ccco1)NCC1(c2ccsc2)CCCC1. The first kappa shape index (κ1) is 14.1. The highest BCUT2D eigenvalue weighted by Gasteiger charge is 2.35. The van der Waals surface area contributed by atoms with Crippen LogP contribution in [0.2, 0.25) is 0 Å². The lowest BCUT2D eigenvalue weighted by Crippen LogP contribution is -2.38. The van der Waals surface area contributed by atoms with Gasteiger partial charge in [-0.3, -0.25) is 4.79 Å². The molecule has 1 amide bonds. The minimum absolute atomic E-state index is 0.0621. The molecule has 0 aliphatic heterocycles. The normalized spacial score (nSPS) is 17.3. The van der Waals surface area contributed by atoms with Gasteiger partial charge in [0, 0.05) is 18.0 Å². The average molecular weight is 301 g/mol. The van der Waals surface area contributed by atoms with E-state index in [2.05, 4.69) is 22.1 Å². The summed E-state index contributed by atoms with van der Waals surface area (Å²) in [7, 11) is 0. The fraction of sp³-hybridized carbons (Fsp3) is 0.353. The first-order valence-electron chi connectivity index (χ1n) is 7.31. The molecule has 0 unspecified atom stereocenters. The molecule has 0 aromatic carbocycles. The Labute approximate surface area is 128 Å². The molecule has 0 saturated heterocycles. The third-order valence-electron chi connectivity index (χ3n) is 4.24. The van der Waals surface area contributed by atoms with Crippen LogP contribution in [0.15, 0.2) is 45.7 Å². The molecule has 4 heteroatoms. The van der Waals surface area contributed by atoms with E-state index in [-0.39, 0.29) is 11.3 Å². The molecule has 21 heavy (non-hydrogen) atoms. The van der Waals surface area contributed by atoms with Crippen LogP contribution in [0.3, 0.4) is 0 Å². The topological polar surface area (TPSA) is 42.2 Å². The van der Waals surface area contributed by atoms with Gasteiger partial charge in [-0.1, -0.05) is 12.8 Å². The number of carbonyl (C=O) groups is 1. The van der Waals surface area contributed by atoms with Crippen LogP contribution >= 0.6 is 11.3 Å². The van der Waals surface area contributed by atoms with E-state index in [0.29, 0.717) is 12.3 Å². The van der Waals surface area contributed by atoms with Crippen molar-refractivity contribution in [2.45, 2.75) is 31.1 Å². The molecule has 0 bridgehead atoms. The van der Waals surface area contributed by atoms with Crippen molar-refractivity contribution in [3.8, 4) is 0 Å².